The summed E-state index contributed by atoms with van der Waals surface area (Å²) >= 11 is 0. The third-order valence-corrected chi connectivity index (χ3v) is 5.24. The molecule has 0 aromatic heterocycles. The third kappa shape index (κ3) is 2.78. The smallest absolute Gasteiger partial charge is 0.211 e. The van der Waals surface area contributed by atoms with Crippen LogP contribution in [0.1, 0.15) is 18.4 Å². The van der Waals surface area contributed by atoms with Gasteiger partial charge in [-0.25, -0.2) is 18.2 Å². The van der Waals surface area contributed by atoms with Crippen molar-refractivity contribution >= 4 is 16.1 Å². The van der Waals surface area contributed by atoms with Gasteiger partial charge in [-0.1, -0.05) is 12.1 Å². The Morgan fingerprint density at radius 1 is 1.25 bits per heavy atom. The molecule has 1 heterocycles. The third-order valence-electron chi connectivity index (χ3n) is 3.28. The van der Waals surface area contributed by atoms with Crippen molar-refractivity contribution in [1.29, 1.82) is 5.26 Å². The molecule has 1 saturated heterocycles. The second-order valence-corrected chi connectivity index (χ2v) is 6.37. The normalized spacial score (nSPS) is 17.1. The highest BCUT2D eigenvalue weighted by Crippen LogP contribution is 2.24. The number of nitrogens with zero attached hydrogens (tertiary/aromatic N) is 3. The van der Waals surface area contributed by atoms with Crippen LogP contribution in [0.25, 0.3) is 0 Å². The molecule has 0 radical (unpaired) electrons. The summed E-state index contributed by atoms with van der Waals surface area (Å²) in [6.45, 7) is 0.579. The molecular weight excluding hydrogens is 278 g/mol. The van der Waals surface area contributed by atoms with E-state index in [0.717, 1.165) is 0 Å². The topological polar surface area (TPSA) is 90.6 Å². The molecule has 1 aromatic carbocycles. The van der Waals surface area contributed by atoms with E-state index in [4.69, 9.17) is 5.26 Å². The van der Waals surface area contributed by atoms with Gasteiger partial charge in [-0.05, 0) is 25.0 Å². The summed E-state index contributed by atoms with van der Waals surface area (Å²) < 4.78 is 26.3. The number of carbonyl (C=O) groups excluding carboxylic acids is 1. The Bertz CT molecular complexity index is 679. The number of isocyanates is 1. The molecule has 0 aliphatic carbocycles. The Balaban J connectivity index is 2.25. The highest BCUT2D eigenvalue weighted by atomic mass is 32.2. The van der Waals surface area contributed by atoms with E-state index in [-0.39, 0.29) is 29.6 Å². The van der Waals surface area contributed by atoms with Crippen molar-refractivity contribution in [1.82, 2.24) is 4.31 Å². The number of nitriles is 1. The zero-order valence-electron chi connectivity index (χ0n) is 10.7. The van der Waals surface area contributed by atoms with Gasteiger partial charge >= 0.3 is 0 Å². The SMILES string of the molecule is N#Cc1ccccc1S(=O)(=O)N1CCC(N=C=O)CC1. The molecule has 20 heavy (non-hydrogen) atoms. The quantitative estimate of drug-likeness (QED) is 0.614. The van der Waals surface area contributed by atoms with Crippen molar-refractivity contribution in [2.45, 2.75) is 23.8 Å². The maximum Gasteiger partial charge on any atom is 0.244 e. The summed E-state index contributed by atoms with van der Waals surface area (Å²) in [4.78, 5) is 13.9. The molecule has 2 rings (SSSR count). The molecule has 6 nitrogen and oxygen atoms in total. The van der Waals surface area contributed by atoms with Gasteiger partial charge in [0.1, 0.15) is 6.07 Å². The van der Waals surface area contributed by atoms with Gasteiger partial charge in [-0.15, -0.1) is 0 Å². The van der Waals surface area contributed by atoms with Gasteiger partial charge in [0, 0.05) is 13.1 Å². The lowest BCUT2D eigenvalue weighted by Crippen LogP contribution is -2.39. The predicted octanol–water partition coefficient (Wildman–Crippen LogP) is 1.05. The first kappa shape index (κ1) is 14.4. The molecule has 0 spiro atoms. The van der Waals surface area contributed by atoms with Crippen LogP contribution in [0, 0.1) is 11.3 Å². The van der Waals surface area contributed by atoms with Crippen molar-refractivity contribution in [3.63, 3.8) is 0 Å². The standard InChI is InChI=1S/C13H13N3O3S/c14-9-11-3-1-2-4-13(11)20(18,19)16-7-5-12(6-8-16)15-10-17/h1-4,12H,5-8H2. The molecule has 1 aliphatic heterocycles. The maximum atomic E-state index is 12.5. The molecule has 1 aliphatic rings. The van der Waals surface area contributed by atoms with Crippen LogP contribution in [0.4, 0.5) is 0 Å². The van der Waals surface area contributed by atoms with E-state index < -0.39 is 10.0 Å². The first-order chi connectivity index (χ1) is 9.59. The zero-order valence-corrected chi connectivity index (χ0v) is 11.5. The maximum absolute atomic E-state index is 12.5. The Labute approximate surface area is 117 Å². The average molecular weight is 291 g/mol. The monoisotopic (exact) mass is 291 g/mol. The van der Waals surface area contributed by atoms with E-state index in [1.807, 2.05) is 6.07 Å². The van der Waals surface area contributed by atoms with E-state index in [1.54, 1.807) is 12.1 Å². The fourth-order valence-electron chi connectivity index (χ4n) is 2.21. The molecule has 0 bridgehead atoms. The summed E-state index contributed by atoms with van der Waals surface area (Å²) in [6, 6.07) is 7.87. The molecule has 7 heteroatoms. The van der Waals surface area contributed by atoms with E-state index in [2.05, 4.69) is 4.99 Å². The summed E-state index contributed by atoms with van der Waals surface area (Å²) in [5, 5.41) is 9.00. The Morgan fingerprint density at radius 3 is 2.50 bits per heavy atom. The lowest BCUT2D eigenvalue weighted by atomic mass is 10.1. The number of piperidine rings is 1. The number of aliphatic imine (C=N–C) groups is 1. The zero-order chi connectivity index (χ0) is 14.6. The minimum atomic E-state index is -3.67. The van der Waals surface area contributed by atoms with E-state index in [0.29, 0.717) is 12.8 Å². The molecule has 0 atom stereocenters. The number of benzene rings is 1. The molecule has 0 saturated carbocycles. The largest absolute Gasteiger partial charge is 0.244 e. The van der Waals surface area contributed by atoms with E-state index in [9.17, 15) is 13.2 Å². The van der Waals surface area contributed by atoms with Crippen molar-refractivity contribution in [3.05, 3.63) is 29.8 Å². The number of hydrogen-bond acceptors (Lipinski definition) is 5. The Hall–Kier alpha value is -2.00. The van der Waals surface area contributed by atoms with Gasteiger partial charge in [-0.3, -0.25) is 0 Å². The van der Waals surface area contributed by atoms with Gasteiger partial charge in [-0.2, -0.15) is 9.57 Å². The molecule has 0 unspecified atom stereocenters. The van der Waals surface area contributed by atoms with Gasteiger partial charge in [0.2, 0.25) is 16.1 Å². The molecule has 1 aromatic rings. The average Bonchev–Trinajstić information content (AvgIpc) is 2.48. The number of hydrogen-bond donors (Lipinski definition) is 0. The van der Waals surface area contributed by atoms with Crippen LogP contribution in [0.5, 0.6) is 0 Å². The molecule has 1 fully saturated rings. The first-order valence-corrected chi connectivity index (χ1v) is 7.60. The fourth-order valence-corrected chi connectivity index (χ4v) is 3.82. The Morgan fingerprint density at radius 2 is 1.90 bits per heavy atom. The van der Waals surface area contributed by atoms with Crippen LogP contribution in [0.2, 0.25) is 0 Å². The minimum Gasteiger partial charge on any atom is -0.211 e. The van der Waals surface area contributed by atoms with Crippen molar-refractivity contribution < 1.29 is 13.2 Å². The summed E-state index contributed by atoms with van der Waals surface area (Å²) in [7, 11) is -3.67. The second-order valence-electron chi connectivity index (χ2n) is 4.46. The minimum absolute atomic E-state index is 0.0276. The van der Waals surface area contributed by atoms with E-state index >= 15 is 0 Å². The van der Waals surface area contributed by atoms with Crippen LogP contribution >= 0.6 is 0 Å². The fraction of sp³-hybridized carbons (Fsp3) is 0.385. The molecule has 0 N–H and O–H groups in total. The first-order valence-electron chi connectivity index (χ1n) is 6.16. The van der Waals surface area contributed by atoms with Crippen LogP contribution in [-0.4, -0.2) is 37.9 Å². The van der Waals surface area contributed by atoms with Crippen LogP contribution in [-0.2, 0) is 14.8 Å². The Kier molecular flexibility index (Phi) is 4.30. The lowest BCUT2D eigenvalue weighted by molar-refractivity contribution is 0.320. The van der Waals surface area contributed by atoms with Gasteiger partial charge in [0.15, 0.2) is 0 Å². The second kappa shape index (κ2) is 5.97. The van der Waals surface area contributed by atoms with Crippen LogP contribution < -0.4 is 0 Å². The molecule has 104 valence electrons. The van der Waals surface area contributed by atoms with Crippen molar-refractivity contribution in [2.75, 3.05) is 13.1 Å². The summed E-state index contributed by atoms with van der Waals surface area (Å²) in [6.07, 6.45) is 2.48. The van der Waals surface area contributed by atoms with E-state index in [1.165, 1.54) is 22.5 Å². The van der Waals surface area contributed by atoms with Gasteiger partial charge in [0.05, 0.1) is 16.5 Å². The predicted molar refractivity (Wildman–Crippen MR) is 71.1 cm³/mol. The van der Waals surface area contributed by atoms with Crippen molar-refractivity contribution in [3.8, 4) is 6.07 Å². The summed E-state index contributed by atoms with van der Waals surface area (Å²) in [5.74, 6) is 0. The highest BCUT2D eigenvalue weighted by Gasteiger charge is 2.30. The lowest BCUT2D eigenvalue weighted by Gasteiger charge is -2.28. The van der Waals surface area contributed by atoms with Crippen molar-refractivity contribution in [2.24, 2.45) is 4.99 Å². The summed E-state index contributed by atoms with van der Waals surface area (Å²) in [5.41, 5.74) is 0.139. The number of sulfonamides is 1. The van der Waals surface area contributed by atoms with Crippen LogP contribution in [0.15, 0.2) is 34.2 Å². The molecule has 0 amide bonds. The number of rotatable bonds is 3. The van der Waals surface area contributed by atoms with Gasteiger partial charge in [0.25, 0.3) is 0 Å². The highest BCUT2D eigenvalue weighted by molar-refractivity contribution is 7.89. The molecular formula is C13H13N3O3S. The van der Waals surface area contributed by atoms with Crippen LogP contribution in [0.3, 0.4) is 0 Å². The van der Waals surface area contributed by atoms with Gasteiger partial charge < -0.3 is 0 Å².